The number of benzene rings is 1. The van der Waals surface area contributed by atoms with Gasteiger partial charge in [0.1, 0.15) is 5.82 Å². The summed E-state index contributed by atoms with van der Waals surface area (Å²) >= 11 is 0. The number of hydrogen-bond donors (Lipinski definition) is 0. The number of rotatable bonds is 1. The van der Waals surface area contributed by atoms with Crippen molar-refractivity contribution in [3.8, 4) is 0 Å². The van der Waals surface area contributed by atoms with Gasteiger partial charge in [-0.3, -0.25) is 9.36 Å². The second-order valence-electron chi connectivity index (χ2n) is 4.53. The largest absolute Gasteiger partial charge is 0.293 e. The van der Waals surface area contributed by atoms with Gasteiger partial charge in [-0.1, -0.05) is 26.0 Å². The molecule has 0 bridgehead atoms. The van der Waals surface area contributed by atoms with E-state index in [0.29, 0.717) is 6.04 Å². The molecule has 3 heteroatoms. The van der Waals surface area contributed by atoms with E-state index in [1.807, 2.05) is 50.5 Å². The summed E-state index contributed by atoms with van der Waals surface area (Å²) in [6.45, 7) is 7.89. The highest BCUT2D eigenvalue weighted by Gasteiger charge is 2.27. The van der Waals surface area contributed by atoms with Crippen LogP contribution in [0.1, 0.15) is 44.1 Å². The molecule has 0 spiro atoms. The van der Waals surface area contributed by atoms with Crippen molar-refractivity contribution in [3.63, 3.8) is 0 Å². The molecule has 1 saturated carbocycles. The first-order valence-corrected chi connectivity index (χ1v) is 6.67. The molecule has 0 radical (unpaired) electrons. The predicted molar refractivity (Wildman–Crippen MR) is 75.1 cm³/mol. The quantitative estimate of drug-likeness (QED) is 0.770. The summed E-state index contributed by atoms with van der Waals surface area (Å²) < 4.78 is 1.86. The van der Waals surface area contributed by atoms with E-state index in [-0.39, 0.29) is 5.56 Å². The monoisotopic (exact) mass is 244 g/mol. The van der Waals surface area contributed by atoms with E-state index in [4.69, 9.17) is 0 Å². The smallest absolute Gasteiger partial charge is 0.261 e. The maximum absolute atomic E-state index is 12.4. The fraction of sp³-hybridized carbons (Fsp3) is 0.467. The minimum atomic E-state index is 0.128. The van der Waals surface area contributed by atoms with Gasteiger partial charge < -0.3 is 0 Å². The van der Waals surface area contributed by atoms with E-state index in [1.165, 1.54) is 0 Å². The average molecular weight is 244 g/mol. The lowest BCUT2D eigenvalue weighted by Gasteiger charge is -2.10. The van der Waals surface area contributed by atoms with Crippen LogP contribution in [0, 0.1) is 13.8 Å². The maximum atomic E-state index is 12.4. The predicted octanol–water partition coefficient (Wildman–Crippen LogP) is 3.37. The first-order chi connectivity index (χ1) is 8.68. The van der Waals surface area contributed by atoms with E-state index in [0.717, 1.165) is 35.1 Å². The van der Waals surface area contributed by atoms with Crippen molar-refractivity contribution < 1.29 is 0 Å². The molecule has 3 nitrogen and oxygen atoms in total. The fourth-order valence-corrected chi connectivity index (χ4v) is 2.28. The molecule has 0 aliphatic heterocycles. The van der Waals surface area contributed by atoms with Crippen LogP contribution in [0.3, 0.4) is 0 Å². The highest BCUT2D eigenvalue weighted by atomic mass is 16.1. The zero-order valence-electron chi connectivity index (χ0n) is 11.5. The Morgan fingerprint density at radius 2 is 1.89 bits per heavy atom. The van der Waals surface area contributed by atoms with Crippen LogP contribution < -0.4 is 5.56 Å². The third-order valence-electron chi connectivity index (χ3n) is 3.23. The Hall–Kier alpha value is -1.64. The minimum absolute atomic E-state index is 0.128. The third-order valence-corrected chi connectivity index (χ3v) is 3.23. The van der Waals surface area contributed by atoms with E-state index in [2.05, 4.69) is 4.98 Å². The van der Waals surface area contributed by atoms with Gasteiger partial charge in [-0.25, -0.2) is 4.98 Å². The van der Waals surface area contributed by atoms with Crippen molar-refractivity contribution in [2.45, 2.75) is 46.6 Å². The molecule has 1 aliphatic rings. The molecule has 1 aromatic carbocycles. The Morgan fingerprint density at radius 1 is 1.22 bits per heavy atom. The van der Waals surface area contributed by atoms with Gasteiger partial charge in [0.25, 0.3) is 5.56 Å². The molecule has 1 aliphatic carbocycles. The molecule has 2 aromatic rings. The summed E-state index contributed by atoms with van der Waals surface area (Å²) in [6, 6.07) is 6.22. The minimum Gasteiger partial charge on any atom is -0.293 e. The molecular weight excluding hydrogens is 224 g/mol. The standard InChI is InChI=1S/C13H14N2O.C2H6/c1-8-4-3-5-11-12(8)13(16)15(9(2)14-11)10-6-7-10;1-2/h3-5,10H,6-7H2,1-2H3;1-2H3. The van der Waals surface area contributed by atoms with Crippen LogP contribution in [0.4, 0.5) is 0 Å². The van der Waals surface area contributed by atoms with Crippen molar-refractivity contribution in [1.82, 2.24) is 9.55 Å². The topological polar surface area (TPSA) is 34.9 Å². The second kappa shape index (κ2) is 4.92. The zero-order chi connectivity index (χ0) is 13.3. The average Bonchev–Trinajstić information content (AvgIpc) is 3.15. The van der Waals surface area contributed by atoms with E-state index >= 15 is 0 Å². The van der Waals surface area contributed by atoms with Crippen LogP contribution >= 0.6 is 0 Å². The highest BCUT2D eigenvalue weighted by Crippen LogP contribution is 2.34. The van der Waals surface area contributed by atoms with E-state index in [9.17, 15) is 4.79 Å². The van der Waals surface area contributed by atoms with Crippen LogP contribution in [0.5, 0.6) is 0 Å². The number of nitrogens with zero attached hydrogens (tertiary/aromatic N) is 2. The van der Waals surface area contributed by atoms with Gasteiger partial charge in [-0.15, -0.1) is 0 Å². The number of aromatic nitrogens is 2. The van der Waals surface area contributed by atoms with Gasteiger partial charge in [0.2, 0.25) is 0 Å². The van der Waals surface area contributed by atoms with Crippen molar-refractivity contribution in [2.24, 2.45) is 0 Å². The van der Waals surface area contributed by atoms with Gasteiger partial charge in [0.05, 0.1) is 10.9 Å². The van der Waals surface area contributed by atoms with Gasteiger partial charge in [-0.05, 0) is 38.3 Å². The summed E-state index contributed by atoms with van der Waals surface area (Å²) in [5.41, 5.74) is 1.96. The summed E-state index contributed by atoms with van der Waals surface area (Å²) in [4.78, 5) is 16.9. The first-order valence-electron chi connectivity index (χ1n) is 6.67. The molecule has 0 unspecified atom stereocenters. The Morgan fingerprint density at radius 3 is 2.50 bits per heavy atom. The lowest BCUT2D eigenvalue weighted by molar-refractivity contribution is 0.667. The Kier molecular flexibility index (Phi) is 3.50. The molecule has 0 amide bonds. The highest BCUT2D eigenvalue weighted by molar-refractivity contribution is 5.81. The van der Waals surface area contributed by atoms with Crippen molar-refractivity contribution in [2.75, 3.05) is 0 Å². The lowest BCUT2D eigenvalue weighted by Crippen LogP contribution is -2.23. The van der Waals surface area contributed by atoms with Gasteiger partial charge >= 0.3 is 0 Å². The number of hydrogen-bond acceptors (Lipinski definition) is 2. The van der Waals surface area contributed by atoms with Crippen LogP contribution in [0.2, 0.25) is 0 Å². The molecule has 18 heavy (non-hydrogen) atoms. The van der Waals surface area contributed by atoms with Crippen LogP contribution in [0.15, 0.2) is 23.0 Å². The van der Waals surface area contributed by atoms with Crippen LogP contribution in [-0.4, -0.2) is 9.55 Å². The summed E-state index contributed by atoms with van der Waals surface area (Å²) in [5, 5.41) is 0.778. The number of fused-ring (bicyclic) bond motifs is 1. The fourth-order valence-electron chi connectivity index (χ4n) is 2.28. The maximum Gasteiger partial charge on any atom is 0.261 e. The molecule has 0 atom stereocenters. The lowest BCUT2D eigenvalue weighted by atomic mass is 10.1. The van der Waals surface area contributed by atoms with Crippen molar-refractivity contribution >= 4 is 10.9 Å². The van der Waals surface area contributed by atoms with E-state index < -0.39 is 0 Å². The van der Waals surface area contributed by atoms with Gasteiger partial charge in [-0.2, -0.15) is 0 Å². The van der Waals surface area contributed by atoms with Gasteiger partial charge in [0, 0.05) is 6.04 Å². The Balaban J connectivity index is 0.000000574. The Bertz CT molecular complexity index is 624. The molecule has 0 saturated heterocycles. The second-order valence-corrected chi connectivity index (χ2v) is 4.53. The summed E-state index contributed by atoms with van der Waals surface area (Å²) in [7, 11) is 0. The molecule has 3 rings (SSSR count). The third kappa shape index (κ3) is 2.05. The zero-order valence-corrected chi connectivity index (χ0v) is 11.5. The molecular formula is C15H20N2O. The molecule has 1 heterocycles. The first kappa shape index (κ1) is 12.8. The SMILES string of the molecule is CC.Cc1cccc2nc(C)n(C3CC3)c(=O)c12. The van der Waals surface area contributed by atoms with Crippen molar-refractivity contribution in [1.29, 1.82) is 0 Å². The summed E-state index contributed by atoms with van der Waals surface area (Å²) in [5.74, 6) is 0.839. The van der Waals surface area contributed by atoms with Crippen LogP contribution in [-0.2, 0) is 0 Å². The molecule has 96 valence electrons. The Labute approximate surface area is 107 Å². The molecule has 1 aromatic heterocycles. The normalized spacial score (nSPS) is 14.2. The summed E-state index contributed by atoms with van der Waals surface area (Å²) in [6.07, 6.45) is 2.22. The van der Waals surface area contributed by atoms with Crippen molar-refractivity contribution in [3.05, 3.63) is 39.9 Å². The van der Waals surface area contributed by atoms with E-state index in [1.54, 1.807) is 0 Å². The molecule has 1 fully saturated rings. The van der Waals surface area contributed by atoms with Gasteiger partial charge in [0.15, 0.2) is 0 Å². The van der Waals surface area contributed by atoms with Crippen LogP contribution in [0.25, 0.3) is 10.9 Å². The number of aryl methyl sites for hydroxylation is 2. The molecule has 0 N–H and O–H groups in total.